The van der Waals surface area contributed by atoms with E-state index in [1.165, 1.54) is 12.8 Å². The zero-order valence-electron chi connectivity index (χ0n) is 11.1. The molecule has 2 fully saturated rings. The molecule has 4 heteroatoms. The second-order valence-corrected chi connectivity index (χ2v) is 6.17. The first-order valence-corrected chi connectivity index (χ1v) is 6.59. The van der Waals surface area contributed by atoms with Crippen molar-refractivity contribution in [2.45, 2.75) is 57.2 Å². The zero-order valence-corrected chi connectivity index (χ0v) is 11.1. The fraction of sp³-hybridized carbons (Fsp3) is 0.923. The third kappa shape index (κ3) is 2.99. The van der Waals surface area contributed by atoms with E-state index in [1.54, 1.807) is 0 Å². The third-order valence-electron chi connectivity index (χ3n) is 4.29. The molecule has 0 aromatic rings. The van der Waals surface area contributed by atoms with E-state index in [9.17, 15) is 4.79 Å². The van der Waals surface area contributed by atoms with Crippen LogP contribution in [0.5, 0.6) is 0 Å². The highest BCUT2D eigenvalue weighted by Crippen LogP contribution is 2.34. The van der Waals surface area contributed by atoms with Crippen LogP contribution in [0.25, 0.3) is 0 Å². The minimum absolute atomic E-state index is 0.157. The number of hydrogen-bond acceptors (Lipinski definition) is 3. The standard InChI is InChI=1S/C13H24N2O2/c1-13(2)9-15(10-4-5-10)8-11(14(13)3)6-7-12(16)17/h10-11H,4-9H2,1-3H3,(H,16,17). The minimum Gasteiger partial charge on any atom is -0.481 e. The Morgan fingerprint density at radius 1 is 1.41 bits per heavy atom. The van der Waals surface area contributed by atoms with E-state index in [-0.39, 0.29) is 12.0 Å². The first-order valence-electron chi connectivity index (χ1n) is 6.59. The molecule has 4 nitrogen and oxygen atoms in total. The first-order chi connectivity index (χ1) is 7.90. The molecular weight excluding hydrogens is 216 g/mol. The molecule has 1 saturated heterocycles. The minimum atomic E-state index is -0.681. The fourth-order valence-corrected chi connectivity index (χ4v) is 2.85. The fourth-order valence-electron chi connectivity index (χ4n) is 2.85. The number of hydrogen-bond donors (Lipinski definition) is 1. The van der Waals surface area contributed by atoms with Crippen molar-refractivity contribution in [3.63, 3.8) is 0 Å². The predicted molar refractivity (Wildman–Crippen MR) is 67.1 cm³/mol. The average Bonchev–Trinajstić information content (AvgIpc) is 3.03. The van der Waals surface area contributed by atoms with Gasteiger partial charge in [0.05, 0.1) is 0 Å². The maximum absolute atomic E-state index is 10.7. The Morgan fingerprint density at radius 3 is 2.59 bits per heavy atom. The molecular formula is C13H24N2O2. The summed E-state index contributed by atoms with van der Waals surface area (Å²) < 4.78 is 0. The van der Waals surface area contributed by atoms with Crippen molar-refractivity contribution in [2.24, 2.45) is 0 Å². The van der Waals surface area contributed by atoms with Crippen LogP contribution in [0.4, 0.5) is 0 Å². The molecule has 1 aliphatic heterocycles. The number of carboxylic acids is 1. The van der Waals surface area contributed by atoms with Gasteiger partial charge in [0.25, 0.3) is 0 Å². The summed E-state index contributed by atoms with van der Waals surface area (Å²) in [5.74, 6) is -0.681. The van der Waals surface area contributed by atoms with Gasteiger partial charge >= 0.3 is 5.97 Å². The quantitative estimate of drug-likeness (QED) is 0.807. The zero-order chi connectivity index (χ0) is 12.6. The first kappa shape index (κ1) is 12.8. The molecule has 98 valence electrons. The van der Waals surface area contributed by atoms with E-state index < -0.39 is 5.97 Å². The van der Waals surface area contributed by atoms with Crippen LogP contribution in [0.15, 0.2) is 0 Å². The highest BCUT2D eigenvalue weighted by Gasteiger charge is 2.42. The Morgan fingerprint density at radius 2 is 2.06 bits per heavy atom. The van der Waals surface area contributed by atoms with Gasteiger partial charge < -0.3 is 5.11 Å². The molecule has 2 aliphatic rings. The molecule has 0 amide bonds. The van der Waals surface area contributed by atoms with Crippen LogP contribution in [-0.4, -0.2) is 58.6 Å². The lowest BCUT2D eigenvalue weighted by atomic mass is 9.93. The number of nitrogens with zero attached hydrogens (tertiary/aromatic N) is 2. The Kier molecular flexibility index (Phi) is 3.46. The van der Waals surface area contributed by atoms with Crippen LogP contribution < -0.4 is 0 Å². The second-order valence-electron chi connectivity index (χ2n) is 6.17. The van der Waals surface area contributed by atoms with E-state index in [0.717, 1.165) is 25.6 Å². The van der Waals surface area contributed by atoms with Crippen LogP contribution >= 0.6 is 0 Å². The Labute approximate surface area is 104 Å². The molecule has 1 unspecified atom stereocenters. The van der Waals surface area contributed by atoms with Crippen molar-refractivity contribution in [3.05, 3.63) is 0 Å². The van der Waals surface area contributed by atoms with E-state index in [4.69, 9.17) is 5.11 Å². The topological polar surface area (TPSA) is 43.8 Å². The monoisotopic (exact) mass is 240 g/mol. The molecule has 0 aromatic carbocycles. The van der Waals surface area contributed by atoms with Crippen molar-refractivity contribution >= 4 is 5.97 Å². The van der Waals surface area contributed by atoms with Crippen molar-refractivity contribution in [1.29, 1.82) is 0 Å². The highest BCUT2D eigenvalue weighted by molar-refractivity contribution is 5.66. The normalized spacial score (nSPS) is 30.4. The summed E-state index contributed by atoms with van der Waals surface area (Å²) in [7, 11) is 2.14. The Hall–Kier alpha value is -0.610. The molecule has 0 spiro atoms. The Bertz CT molecular complexity index is 300. The molecule has 0 bridgehead atoms. The molecule has 17 heavy (non-hydrogen) atoms. The van der Waals surface area contributed by atoms with Gasteiger partial charge in [0.1, 0.15) is 0 Å². The van der Waals surface area contributed by atoms with Gasteiger partial charge in [0.2, 0.25) is 0 Å². The van der Waals surface area contributed by atoms with Crippen LogP contribution in [0.1, 0.15) is 39.5 Å². The predicted octanol–water partition coefficient (Wildman–Crippen LogP) is 1.41. The smallest absolute Gasteiger partial charge is 0.303 e. The number of piperazine rings is 1. The van der Waals surface area contributed by atoms with E-state index in [2.05, 4.69) is 30.7 Å². The molecule has 1 N–H and O–H groups in total. The van der Waals surface area contributed by atoms with Gasteiger partial charge in [0.15, 0.2) is 0 Å². The lowest BCUT2D eigenvalue weighted by molar-refractivity contribution is -0.137. The lowest BCUT2D eigenvalue weighted by Gasteiger charge is -2.50. The van der Waals surface area contributed by atoms with Crippen molar-refractivity contribution in [1.82, 2.24) is 9.80 Å². The molecule has 1 saturated carbocycles. The number of likely N-dealkylation sites (N-methyl/N-ethyl adjacent to an activating group) is 1. The van der Waals surface area contributed by atoms with Gasteiger partial charge in [0, 0.05) is 37.1 Å². The van der Waals surface area contributed by atoms with Crippen LogP contribution in [0, 0.1) is 0 Å². The maximum atomic E-state index is 10.7. The largest absolute Gasteiger partial charge is 0.481 e. The molecule has 0 radical (unpaired) electrons. The van der Waals surface area contributed by atoms with Gasteiger partial charge in [-0.3, -0.25) is 14.6 Å². The van der Waals surface area contributed by atoms with Gasteiger partial charge in [-0.15, -0.1) is 0 Å². The van der Waals surface area contributed by atoms with Crippen molar-refractivity contribution in [3.8, 4) is 0 Å². The summed E-state index contributed by atoms with van der Waals surface area (Å²) in [6, 6.07) is 1.16. The van der Waals surface area contributed by atoms with Gasteiger partial charge in [-0.25, -0.2) is 0 Å². The number of carbonyl (C=O) groups is 1. The van der Waals surface area contributed by atoms with Gasteiger partial charge in [-0.05, 0) is 40.2 Å². The summed E-state index contributed by atoms with van der Waals surface area (Å²) in [6.45, 7) is 6.67. The van der Waals surface area contributed by atoms with Crippen molar-refractivity contribution in [2.75, 3.05) is 20.1 Å². The van der Waals surface area contributed by atoms with Crippen LogP contribution in [0.2, 0.25) is 0 Å². The summed E-state index contributed by atoms with van der Waals surface area (Å²) in [5.41, 5.74) is 0.157. The van der Waals surface area contributed by atoms with E-state index in [0.29, 0.717) is 6.04 Å². The SMILES string of the molecule is CN1C(CCC(=O)O)CN(C2CC2)CC1(C)C. The summed E-state index contributed by atoms with van der Waals surface area (Å²) >= 11 is 0. The van der Waals surface area contributed by atoms with Crippen LogP contribution in [0.3, 0.4) is 0 Å². The lowest BCUT2D eigenvalue weighted by Crippen LogP contribution is -2.62. The van der Waals surface area contributed by atoms with Gasteiger partial charge in [-0.1, -0.05) is 0 Å². The molecule has 1 aliphatic carbocycles. The summed E-state index contributed by atoms with van der Waals surface area (Å²) in [6.07, 6.45) is 3.69. The van der Waals surface area contributed by atoms with Crippen LogP contribution in [-0.2, 0) is 4.79 Å². The number of rotatable bonds is 4. The average molecular weight is 240 g/mol. The summed E-state index contributed by atoms with van der Waals surface area (Å²) in [5, 5.41) is 8.82. The van der Waals surface area contributed by atoms with Crippen molar-refractivity contribution < 1.29 is 9.90 Å². The molecule has 1 heterocycles. The number of aliphatic carboxylic acids is 1. The maximum Gasteiger partial charge on any atom is 0.303 e. The second kappa shape index (κ2) is 4.58. The van der Waals surface area contributed by atoms with Gasteiger partial charge in [-0.2, -0.15) is 0 Å². The van der Waals surface area contributed by atoms with E-state index >= 15 is 0 Å². The number of carboxylic acid groups (broad SMARTS) is 1. The highest BCUT2D eigenvalue weighted by atomic mass is 16.4. The summed E-state index contributed by atoms with van der Waals surface area (Å²) in [4.78, 5) is 15.6. The molecule has 0 aromatic heterocycles. The molecule has 1 atom stereocenters. The van der Waals surface area contributed by atoms with E-state index in [1.807, 2.05) is 0 Å². The Balaban J connectivity index is 1.99. The molecule has 2 rings (SSSR count). The third-order valence-corrected chi connectivity index (χ3v) is 4.29.